The molecule has 0 spiro atoms. The SMILES string of the molecule is Cc1cccc(Oc2cccc3c2C(=O)N(C)C3=O)c1C. The molecule has 2 amide bonds. The second-order valence-corrected chi connectivity index (χ2v) is 5.15. The zero-order valence-corrected chi connectivity index (χ0v) is 12.1. The molecule has 0 fully saturated rings. The Bertz CT molecular complexity index is 765. The minimum Gasteiger partial charge on any atom is -0.456 e. The molecule has 0 unspecified atom stereocenters. The third kappa shape index (κ3) is 2.00. The highest BCUT2D eigenvalue weighted by Crippen LogP contribution is 2.34. The van der Waals surface area contributed by atoms with Crippen LogP contribution in [-0.2, 0) is 0 Å². The van der Waals surface area contributed by atoms with E-state index in [1.165, 1.54) is 7.05 Å². The Kier molecular flexibility index (Phi) is 3.01. The molecule has 2 aromatic rings. The largest absolute Gasteiger partial charge is 0.456 e. The molecule has 0 saturated carbocycles. The molecular formula is C17H15NO3. The van der Waals surface area contributed by atoms with Crippen molar-refractivity contribution in [1.29, 1.82) is 0 Å². The Morgan fingerprint density at radius 3 is 2.33 bits per heavy atom. The predicted molar refractivity (Wildman–Crippen MR) is 78.9 cm³/mol. The number of hydrogen-bond donors (Lipinski definition) is 0. The fraction of sp³-hybridized carbons (Fsp3) is 0.176. The van der Waals surface area contributed by atoms with Gasteiger partial charge in [-0.15, -0.1) is 0 Å². The first-order valence-corrected chi connectivity index (χ1v) is 6.70. The van der Waals surface area contributed by atoms with Crippen LogP contribution >= 0.6 is 0 Å². The number of nitrogens with zero attached hydrogens (tertiary/aromatic N) is 1. The van der Waals surface area contributed by atoms with Gasteiger partial charge < -0.3 is 4.74 Å². The molecule has 0 saturated heterocycles. The Labute approximate surface area is 123 Å². The maximum absolute atomic E-state index is 12.2. The monoisotopic (exact) mass is 281 g/mol. The lowest BCUT2D eigenvalue weighted by molar-refractivity contribution is 0.0692. The number of imide groups is 1. The van der Waals surface area contributed by atoms with E-state index >= 15 is 0 Å². The van der Waals surface area contributed by atoms with Gasteiger partial charge in [-0.2, -0.15) is 0 Å². The van der Waals surface area contributed by atoms with Gasteiger partial charge in [0.2, 0.25) is 0 Å². The van der Waals surface area contributed by atoms with Gasteiger partial charge in [0, 0.05) is 7.05 Å². The third-order valence-electron chi connectivity index (χ3n) is 3.85. The maximum Gasteiger partial charge on any atom is 0.265 e. The molecule has 0 aromatic heterocycles. The Morgan fingerprint density at radius 1 is 0.905 bits per heavy atom. The number of hydrogen-bond acceptors (Lipinski definition) is 3. The number of carbonyl (C=O) groups is 2. The molecule has 0 aliphatic carbocycles. The summed E-state index contributed by atoms with van der Waals surface area (Å²) < 4.78 is 5.90. The number of rotatable bonds is 2. The summed E-state index contributed by atoms with van der Waals surface area (Å²) in [6.45, 7) is 3.97. The summed E-state index contributed by atoms with van der Waals surface area (Å²) >= 11 is 0. The normalized spacial score (nSPS) is 13.6. The van der Waals surface area contributed by atoms with Crippen LogP contribution in [0.25, 0.3) is 0 Å². The summed E-state index contributed by atoms with van der Waals surface area (Å²) in [5, 5.41) is 0. The molecule has 2 aromatic carbocycles. The maximum atomic E-state index is 12.2. The highest BCUT2D eigenvalue weighted by molar-refractivity contribution is 6.22. The van der Waals surface area contributed by atoms with Gasteiger partial charge in [0.1, 0.15) is 11.5 Å². The van der Waals surface area contributed by atoms with Crippen molar-refractivity contribution in [1.82, 2.24) is 4.90 Å². The topological polar surface area (TPSA) is 46.6 Å². The fourth-order valence-corrected chi connectivity index (χ4v) is 2.41. The lowest BCUT2D eigenvalue weighted by Crippen LogP contribution is -2.24. The Balaban J connectivity index is 2.08. The second kappa shape index (κ2) is 4.74. The zero-order valence-electron chi connectivity index (χ0n) is 12.1. The van der Waals surface area contributed by atoms with E-state index in [0.717, 1.165) is 16.0 Å². The molecule has 21 heavy (non-hydrogen) atoms. The van der Waals surface area contributed by atoms with Crippen LogP contribution in [0.1, 0.15) is 31.8 Å². The van der Waals surface area contributed by atoms with Crippen LogP contribution < -0.4 is 4.74 Å². The van der Waals surface area contributed by atoms with E-state index in [2.05, 4.69) is 0 Å². The minimum atomic E-state index is -0.323. The van der Waals surface area contributed by atoms with E-state index in [-0.39, 0.29) is 11.8 Å². The predicted octanol–water partition coefficient (Wildman–Crippen LogP) is 3.32. The van der Waals surface area contributed by atoms with Gasteiger partial charge in [0.05, 0.1) is 11.1 Å². The molecule has 0 atom stereocenters. The number of aryl methyl sites for hydroxylation is 1. The summed E-state index contributed by atoms with van der Waals surface area (Å²) in [5.74, 6) is 0.499. The van der Waals surface area contributed by atoms with Crippen LogP contribution in [-0.4, -0.2) is 23.8 Å². The van der Waals surface area contributed by atoms with Crippen LogP contribution in [0.3, 0.4) is 0 Å². The van der Waals surface area contributed by atoms with Crippen molar-refractivity contribution in [2.45, 2.75) is 13.8 Å². The highest BCUT2D eigenvalue weighted by Gasteiger charge is 2.35. The van der Waals surface area contributed by atoms with E-state index in [1.54, 1.807) is 18.2 Å². The molecule has 0 N–H and O–H groups in total. The van der Waals surface area contributed by atoms with Crippen molar-refractivity contribution >= 4 is 11.8 Å². The van der Waals surface area contributed by atoms with Gasteiger partial charge in [-0.3, -0.25) is 14.5 Å². The number of benzene rings is 2. The molecule has 1 aliphatic heterocycles. The van der Waals surface area contributed by atoms with Crippen molar-refractivity contribution in [2.24, 2.45) is 0 Å². The first-order valence-electron chi connectivity index (χ1n) is 6.70. The molecule has 4 nitrogen and oxygen atoms in total. The smallest absolute Gasteiger partial charge is 0.265 e. The molecule has 0 bridgehead atoms. The molecule has 0 radical (unpaired) electrons. The van der Waals surface area contributed by atoms with Crippen LogP contribution in [0.2, 0.25) is 0 Å². The Hall–Kier alpha value is -2.62. The molecule has 4 heteroatoms. The summed E-state index contributed by atoms with van der Waals surface area (Å²) in [5.41, 5.74) is 2.86. The van der Waals surface area contributed by atoms with E-state index in [0.29, 0.717) is 22.6 Å². The fourth-order valence-electron chi connectivity index (χ4n) is 2.41. The summed E-state index contributed by atoms with van der Waals surface area (Å²) in [6, 6.07) is 10.8. The number of amides is 2. The lowest BCUT2D eigenvalue weighted by Gasteiger charge is -2.12. The molecule has 1 heterocycles. The number of carbonyl (C=O) groups excluding carboxylic acids is 2. The lowest BCUT2D eigenvalue weighted by atomic mass is 10.1. The number of fused-ring (bicyclic) bond motifs is 1. The summed E-state index contributed by atoms with van der Waals surface area (Å²) in [4.78, 5) is 25.3. The Morgan fingerprint density at radius 2 is 1.57 bits per heavy atom. The third-order valence-corrected chi connectivity index (χ3v) is 3.85. The average molecular weight is 281 g/mol. The van der Waals surface area contributed by atoms with Crippen LogP contribution in [0, 0.1) is 13.8 Å². The van der Waals surface area contributed by atoms with Crippen molar-refractivity contribution < 1.29 is 14.3 Å². The van der Waals surface area contributed by atoms with Crippen LogP contribution in [0.4, 0.5) is 0 Å². The van der Waals surface area contributed by atoms with Crippen LogP contribution in [0.5, 0.6) is 11.5 Å². The second-order valence-electron chi connectivity index (χ2n) is 5.15. The molecule has 1 aliphatic rings. The van der Waals surface area contributed by atoms with E-state index < -0.39 is 0 Å². The average Bonchev–Trinajstić information content (AvgIpc) is 2.70. The van der Waals surface area contributed by atoms with Gasteiger partial charge in [-0.25, -0.2) is 0 Å². The molecular weight excluding hydrogens is 266 g/mol. The minimum absolute atomic E-state index is 0.290. The van der Waals surface area contributed by atoms with Crippen molar-refractivity contribution in [3.63, 3.8) is 0 Å². The van der Waals surface area contributed by atoms with Gasteiger partial charge in [0.25, 0.3) is 11.8 Å². The number of ether oxygens (including phenoxy) is 1. The molecule has 106 valence electrons. The van der Waals surface area contributed by atoms with Gasteiger partial charge in [0.15, 0.2) is 0 Å². The van der Waals surface area contributed by atoms with Crippen molar-refractivity contribution in [2.75, 3.05) is 7.05 Å². The zero-order chi connectivity index (χ0) is 15.1. The van der Waals surface area contributed by atoms with E-state index in [4.69, 9.17) is 4.74 Å². The van der Waals surface area contributed by atoms with Gasteiger partial charge in [-0.05, 0) is 43.2 Å². The highest BCUT2D eigenvalue weighted by atomic mass is 16.5. The quantitative estimate of drug-likeness (QED) is 0.793. The first kappa shape index (κ1) is 13.4. The van der Waals surface area contributed by atoms with Crippen molar-refractivity contribution in [3.8, 4) is 11.5 Å². The van der Waals surface area contributed by atoms with E-state index in [9.17, 15) is 9.59 Å². The summed E-state index contributed by atoms with van der Waals surface area (Å²) in [6.07, 6.45) is 0. The first-order chi connectivity index (χ1) is 10.0. The molecule has 3 rings (SSSR count). The van der Waals surface area contributed by atoms with Gasteiger partial charge in [-0.1, -0.05) is 18.2 Å². The van der Waals surface area contributed by atoms with Crippen molar-refractivity contribution in [3.05, 3.63) is 58.7 Å². The van der Waals surface area contributed by atoms with E-state index in [1.807, 2.05) is 32.0 Å². The standard InChI is InChI=1S/C17H15NO3/c1-10-6-4-8-13(11(10)2)21-14-9-5-7-12-15(14)17(20)18(3)16(12)19/h4-9H,1-3H3. The van der Waals surface area contributed by atoms with Crippen LogP contribution in [0.15, 0.2) is 36.4 Å². The summed E-state index contributed by atoms with van der Waals surface area (Å²) in [7, 11) is 1.48. The van der Waals surface area contributed by atoms with Gasteiger partial charge >= 0.3 is 0 Å².